The monoisotopic (exact) mass is 390 g/mol. The summed E-state index contributed by atoms with van der Waals surface area (Å²) < 4.78 is 5.45. The molecule has 3 N–H and O–H groups in total. The predicted octanol–water partition coefficient (Wildman–Crippen LogP) is 3.12. The number of carbonyl (C=O) groups is 2. The summed E-state index contributed by atoms with van der Waals surface area (Å²) in [5.74, 6) is -0.201. The van der Waals surface area contributed by atoms with Gasteiger partial charge >= 0.3 is 0 Å². The van der Waals surface area contributed by atoms with Gasteiger partial charge in [-0.1, -0.05) is 26.0 Å². The number of fused-ring (bicyclic) bond motifs is 1. The molecule has 1 aromatic rings. The van der Waals surface area contributed by atoms with Gasteiger partial charge in [-0.15, -0.1) is 0 Å². The average Bonchev–Trinajstić information content (AvgIpc) is 2.64. The molecular formula is C22H30O6. The van der Waals surface area contributed by atoms with Crippen LogP contribution in [0.5, 0.6) is 11.5 Å². The van der Waals surface area contributed by atoms with Gasteiger partial charge in [0.25, 0.3) is 0 Å². The summed E-state index contributed by atoms with van der Waals surface area (Å²) in [7, 11) is 0. The van der Waals surface area contributed by atoms with Crippen LogP contribution in [0.15, 0.2) is 18.2 Å². The van der Waals surface area contributed by atoms with E-state index < -0.39 is 12.2 Å². The van der Waals surface area contributed by atoms with Crippen LogP contribution < -0.4 is 4.74 Å². The van der Waals surface area contributed by atoms with E-state index >= 15 is 0 Å². The summed E-state index contributed by atoms with van der Waals surface area (Å²) >= 11 is 0. The molecule has 6 nitrogen and oxygen atoms in total. The molecule has 1 aliphatic carbocycles. The van der Waals surface area contributed by atoms with Crippen molar-refractivity contribution in [1.82, 2.24) is 0 Å². The molecule has 0 fully saturated rings. The number of benzene rings is 1. The zero-order valence-electron chi connectivity index (χ0n) is 16.7. The standard InChI is InChI=1S/C22H30O6/c1-4-28-16-11-15-6-5-7-17(23)22(27)18(24)9-8-13(2)14(3)10-19(25)21(15)20(26)12-16/h5-6,11-14,17,22-23,26-27H,4,7-10H2,1-3H3/b6-5+/t13-,14-,17+,22+/m1/s1. The lowest BCUT2D eigenvalue weighted by Crippen LogP contribution is -2.34. The first kappa shape index (κ1) is 22.1. The van der Waals surface area contributed by atoms with Gasteiger partial charge in [-0.2, -0.15) is 0 Å². The van der Waals surface area contributed by atoms with Gasteiger partial charge in [-0.3, -0.25) is 9.59 Å². The van der Waals surface area contributed by atoms with Crippen LogP contribution in [-0.4, -0.2) is 45.7 Å². The second-order valence-corrected chi connectivity index (χ2v) is 7.58. The van der Waals surface area contributed by atoms with Crippen LogP contribution in [0, 0.1) is 11.8 Å². The van der Waals surface area contributed by atoms with E-state index in [4.69, 9.17) is 4.74 Å². The van der Waals surface area contributed by atoms with Gasteiger partial charge in [0.05, 0.1) is 18.3 Å². The zero-order valence-corrected chi connectivity index (χ0v) is 16.7. The molecular weight excluding hydrogens is 360 g/mol. The van der Waals surface area contributed by atoms with Crippen molar-refractivity contribution in [2.24, 2.45) is 11.8 Å². The van der Waals surface area contributed by atoms with Crippen molar-refractivity contribution < 1.29 is 29.6 Å². The summed E-state index contributed by atoms with van der Waals surface area (Å²) in [5, 5.41) is 30.6. The summed E-state index contributed by atoms with van der Waals surface area (Å²) in [4.78, 5) is 25.0. The van der Waals surface area contributed by atoms with E-state index in [0.717, 1.165) is 0 Å². The largest absolute Gasteiger partial charge is 0.507 e. The van der Waals surface area contributed by atoms with E-state index in [1.165, 1.54) is 6.07 Å². The molecule has 0 radical (unpaired) electrons. The Bertz CT molecular complexity index is 739. The molecule has 6 heteroatoms. The maximum absolute atomic E-state index is 12.9. The molecule has 0 unspecified atom stereocenters. The second kappa shape index (κ2) is 9.85. The fraction of sp³-hybridized carbons (Fsp3) is 0.545. The molecule has 0 amide bonds. The highest BCUT2D eigenvalue weighted by atomic mass is 16.5. The molecule has 0 aliphatic heterocycles. The summed E-state index contributed by atoms with van der Waals surface area (Å²) in [6.45, 7) is 6.13. The first-order valence-corrected chi connectivity index (χ1v) is 9.83. The van der Waals surface area contributed by atoms with Crippen molar-refractivity contribution in [3.63, 3.8) is 0 Å². The fourth-order valence-electron chi connectivity index (χ4n) is 3.38. The number of hydrogen-bond donors (Lipinski definition) is 3. The van der Waals surface area contributed by atoms with Crippen molar-refractivity contribution in [2.75, 3.05) is 6.61 Å². The van der Waals surface area contributed by atoms with Gasteiger partial charge in [-0.05, 0) is 43.2 Å². The highest BCUT2D eigenvalue weighted by molar-refractivity contribution is 6.02. The van der Waals surface area contributed by atoms with E-state index in [-0.39, 0.29) is 54.0 Å². The zero-order chi connectivity index (χ0) is 20.8. The number of aliphatic hydroxyl groups is 2. The minimum Gasteiger partial charge on any atom is -0.507 e. The quantitative estimate of drug-likeness (QED) is 0.717. The number of hydrogen-bond acceptors (Lipinski definition) is 6. The van der Waals surface area contributed by atoms with E-state index in [9.17, 15) is 24.9 Å². The fourth-order valence-corrected chi connectivity index (χ4v) is 3.38. The Morgan fingerprint density at radius 2 is 1.86 bits per heavy atom. The van der Waals surface area contributed by atoms with Crippen LogP contribution in [0.25, 0.3) is 6.08 Å². The van der Waals surface area contributed by atoms with Crippen LogP contribution in [0.1, 0.15) is 62.4 Å². The molecule has 1 aromatic carbocycles. The predicted molar refractivity (Wildman–Crippen MR) is 106 cm³/mol. The van der Waals surface area contributed by atoms with Crippen LogP contribution >= 0.6 is 0 Å². The molecule has 154 valence electrons. The molecule has 0 saturated carbocycles. The molecule has 0 heterocycles. The van der Waals surface area contributed by atoms with Crippen molar-refractivity contribution >= 4 is 17.6 Å². The minimum absolute atomic E-state index is 0.00638. The van der Waals surface area contributed by atoms with Crippen LogP contribution in [0.3, 0.4) is 0 Å². The number of aliphatic hydroxyl groups excluding tert-OH is 2. The van der Waals surface area contributed by atoms with Crippen molar-refractivity contribution in [2.45, 2.75) is 58.7 Å². The molecule has 28 heavy (non-hydrogen) atoms. The number of Topliss-reactive ketones (excluding diaryl/α,β-unsaturated/α-hetero) is 2. The molecule has 4 atom stereocenters. The molecule has 0 aromatic heterocycles. The third kappa shape index (κ3) is 5.42. The van der Waals surface area contributed by atoms with Crippen molar-refractivity contribution in [1.29, 1.82) is 0 Å². The van der Waals surface area contributed by atoms with Crippen molar-refractivity contribution in [3.05, 3.63) is 29.3 Å². The molecule has 1 aliphatic rings. The lowest BCUT2D eigenvalue weighted by molar-refractivity contribution is -0.133. The highest BCUT2D eigenvalue weighted by Crippen LogP contribution is 2.32. The first-order valence-electron chi connectivity index (χ1n) is 9.83. The Morgan fingerprint density at radius 3 is 2.54 bits per heavy atom. The SMILES string of the molecule is CCOc1cc(O)c2c(c1)/C=C/C[C@H](O)[C@H](O)C(=O)CC[C@@H](C)[C@H](C)CC2=O. The maximum Gasteiger partial charge on any atom is 0.167 e. The summed E-state index contributed by atoms with van der Waals surface area (Å²) in [5.41, 5.74) is 0.709. The van der Waals surface area contributed by atoms with Gasteiger partial charge < -0.3 is 20.1 Å². The number of aromatic hydroxyl groups is 1. The maximum atomic E-state index is 12.9. The van der Waals surface area contributed by atoms with E-state index in [1.807, 2.05) is 20.8 Å². The normalized spacial score (nSPS) is 28.3. The van der Waals surface area contributed by atoms with Gasteiger partial charge in [0.1, 0.15) is 17.6 Å². The van der Waals surface area contributed by atoms with Gasteiger partial charge in [0.2, 0.25) is 0 Å². The number of ether oxygens (including phenoxy) is 1. The van der Waals surface area contributed by atoms with Crippen LogP contribution in [0.4, 0.5) is 0 Å². The smallest absolute Gasteiger partial charge is 0.167 e. The van der Waals surface area contributed by atoms with Gasteiger partial charge in [0.15, 0.2) is 11.6 Å². The Balaban J connectivity index is 2.45. The second-order valence-electron chi connectivity index (χ2n) is 7.58. The van der Waals surface area contributed by atoms with E-state index in [1.54, 1.807) is 18.2 Å². The van der Waals surface area contributed by atoms with E-state index in [0.29, 0.717) is 24.3 Å². The Kier molecular flexibility index (Phi) is 7.78. The van der Waals surface area contributed by atoms with Crippen LogP contribution in [-0.2, 0) is 4.79 Å². The topological polar surface area (TPSA) is 104 Å². The third-order valence-corrected chi connectivity index (χ3v) is 5.41. The summed E-state index contributed by atoms with van der Waals surface area (Å²) in [6, 6.07) is 3.10. The highest BCUT2D eigenvalue weighted by Gasteiger charge is 2.26. The van der Waals surface area contributed by atoms with Gasteiger partial charge in [-0.25, -0.2) is 0 Å². The Hall–Kier alpha value is -2.18. The lowest BCUT2D eigenvalue weighted by Gasteiger charge is -2.22. The number of ketones is 2. The number of rotatable bonds is 2. The Morgan fingerprint density at radius 1 is 1.14 bits per heavy atom. The van der Waals surface area contributed by atoms with Crippen LogP contribution in [0.2, 0.25) is 0 Å². The number of phenols is 1. The third-order valence-electron chi connectivity index (χ3n) is 5.41. The molecule has 0 bridgehead atoms. The minimum atomic E-state index is -1.43. The first-order chi connectivity index (χ1) is 13.2. The average molecular weight is 390 g/mol. The molecule has 0 spiro atoms. The summed E-state index contributed by atoms with van der Waals surface area (Å²) in [6.07, 6.45) is 1.50. The molecule has 2 rings (SSSR count). The number of phenolic OH excluding ortho intramolecular Hbond substituents is 1. The number of carbonyl (C=O) groups excluding carboxylic acids is 2. The van der Waals surface area contributed by atoms with Crippen molar-refractivity contribution in [3.8, 4) is 11.5 Å². The van der Waals surface area contributed by atoms with Gasteiger partial charge in [0, 0.05) is 18.9 Å². The molecule has 0 saturated heterocycles. The van der Waals surface area contributed by atoms with E-state index in [2.05, 4.69) is 0 Å². The Labute approximate surface area is 165 Å². The lowest BCUT2D eigenvalue weighted by atomic mass is 9.84.